The molecule has 3 amide bonds. The van der Waals surface area contributed by atoms with E-state index in [1.54, 1.807) is 59.6 Å². The number of carboxylic acid groups (broad SMARTS) is 1. The maximum absolute atomic E-state index is 13.9. The number of hydrogen-bond acceptors (Lipinski definition) is 11. The molecular formula is C53H37F2N7O7S. The molecule has 11 rings (SSSR count). The lowest BCUT2D eigenvalue weighted by Crippen LogP contribution is -2.23. The minimum absolute atomic E-state index is 0.0337. The van der Waals surface area contributed by atoms with Gasteiger partial charge in [-0.2, -0.15) is 0 Å². The second-order valence-electron chi connectivity index (χ2n) is 16.3. The summed E-state index contributed by atoms with van der Waals surface area (Å²) < 4.78 is 33.4. The van der Waals surface area contributed by atoms with Crippen LogP contribution in [0, 0.1) is 11.6 Å². The number of rotatable bonds is 11. The molecule has 17 heteroatoms. The van der Waals surface area contributed by atoms with Crippen molar-refractivity contribution in [3.8, 4) is 11.5 Å². The minimum Gasteiger partial charge on any atom is -0.505 e. The molecule has 0 radical (unpaired) electrons. The molecule has 0 unspecified atom stereocenters. The highest BCUT2D eigenvalue weighted by molar-refractivity contribution is 7.13. The van der Waals surface area contributed by atoms with E-state index in [4.69, 9.17) is 4.74 Å². The number of pyridine rings is 2. The third-order valence-electron chi connectivity index (χ3n) is 12.0. The van der Waals surface area contributed by atoms with Gasteiger partial charge in [0.05, 0.1) is 22.3 Å². The summed E-state index contributed by atoms with van der Waals surface area (Å²) >= 11 is 1.16. The van der Waals surface area contributed by atoms with Gasteiger partial charge in [-0.15, -0.1) is 10.2 Å². The van der Waals surface area contributed by atoms with Crippen LogP contribution in [0.2, 0.25) is 0 Å². The summed E-state index contributed by atoms with van der Waals surface area (Å²) in [5.74, 6) is -3.15. The van der Waals surface area contributed by atoms with Gasteiger partial charge in [-0.1, -0.05) is 108 Å². The van der Waals surface area contributed by atoms with Crippen LogP contribution < -0.4 is 10.1 Å². The molecule has 70 heavy (non-hydrogen) atoms. The van der Waals surface area contributed by atoms with Crippen molar-refractivity contribution in [2.75, 3.05) is 5.32 Å². The molecule has 0 saturated carbocycles. The maximum Gasteiger partial charge on any atom is 0.336 e. The van der Waals surface area contributed by atoms with E-state index in [1.807, 2.05) is 60.7 Å². The molecule has 3 aromatic heterocycles. The van der Waals surface area contributed by atoms with Gasteiger partial charge in [-0.25, -0.2) is 13.6 Å². The third-order valence-corrected chi connectivity index (χ3v) is 12.6. The maximum atomic E-state index is 13.9. The standard InChI is InChI=1S/C32H23FN2O4.C21H14FN5O3S/c33-23-15-13-20(14-16-23)18-35-19-25-26(32(37)38)24-12-7-17-34-28(24)30(27(25)31(35)36)39-29(21-8-3-1-4-9-21)22-10-5-2-6-11-22;22-12-5-3-11(4-6-12)8-27-9-14-15(19(29)25-21-26-24-10-31-21)13-2-1-7-23-17(13)18(28)16(14)20(27)30/h1-17,29H,18-19H2,(H,37,38);1-7,10,28H,8-9H2,(H,25,26,29). The number of benzene rings is 6. The van der Waals surface area contributed by atoms with Crippen LogP contribution in [0.15, 0.2) is 151 Å². The van der Waals surface area contributed by atoms with Crippen molar-refractivity contribution in [2.24, 2.45) is 0 Å². The first-order chi connectivity index (χ1) is 34.0. The average molecular weight is 954 g/mol. The Morgan fingerprint density at radius 3 is 1.71 bits per heavy atom. The minimum atomic E-state index is -1.14. The molecule has 6 aromatic carbocycles. The molecular weight excluding hydrogens is 917 g/mol. The summed E-state index contributed by atoms with van der Waals surface area (Å²) in [6.45, 7) is 0.587. The fourth-order valence-corrected chi connectivity index (χ4v) is 9.31. The highest BCUT2D eigenvalue weighted by atomic mass is 32.1. The second kappa shape index (κ2) is 19.0. The van der Waals surface area contributed by atoms with Crippen LogP contribution in [-0.4, -0.2) is 63.9 Å². The quantitative estimate of drug-likeness (QED) is 0.112. The topological polar surface area (TPSA) is 188 Å². The number of aromatic carboxylic acids is 1. The Labute approximate surface area is 401 Å². The number of phenolic OH excluding ortho intramolecular Hbond substituents is 1. The number of phenols is 1. The molecule has 5 heterocycles. The number of carboxylic acids is 1. The van der Waals surface area contributed by atoms with E-state index >= 15 is 0 Å². The van der Waals surface area contributed by atoms with Crippen molar-refractivity contribution < 1.29 is 42.9 Å². The Morgan fingerprint density at radius 1 is 0.671 bits per heavy atom. The summed E-state index contributed by atoms with van der Waals surface area (Å²) in [7, 11) is 0. The summed E-state index contributed by atoms with van der Waals surface area (Å²) in [5, 5.41) is 32.4. The summed E-state index contributed by atoms with van der Waals surface area (Å²) in [4.78, 5) is 64.5. The van der Waals surface area contributed by atoms with Crippen molar-refractivity contribution in [2.45, 2.75) is 32.3 Å². The molecule has 2 aliphatic heterocycles. The lowest BCUT2D eigenvalue weighted by Gasteiger charge is -2.23. The highest BCUT2D eigenvalue weighted by Gasteiger charge is 2.39. The first-order valence-electron chi connectivity index (χ1n) is 21.7. The lowest BCUT2D eigenvalue weighted by molar-refractivity contribution is 0.0692. The fraction of sp³-hybridized carbons (Fsp3) is 0.0943. The number of amides is 3. The van der Waals surface area contributed by atoms with Gasteiger partial charge in [0.2, 0.25) is 5.13 Å². The number of ether oxygens (including phenoxy) is 1. The molecule has 2 aliphatic rings. The van der Waals surface area contributed by atoms with Gasteiger partial charge in [0.1, 0.15) is 34.3 Å². The molecule has 0 fully saturated rings. The van der Waals surface area contributed by atoms with Gasteiger partial charge < -0.3 is 24.7 Å². The molecule has 0 saturated heterocycles. The fourth-order valence-electron chi connectivity index (χ4n) is 8.87. The molecule has 14 nitrogen and oxygen atoms in total. The molecule has 0 aliphatic carbocycles. The Hall–Kier alpha value is -8.96. The first kappa shape index (κ1) is 44.9. The molecule has 0 atom stereocenters. The van der Waals surface area contributed by atoms with E-state index in [0.29, 0.717) is 32.5 Å². The number of fused-ring (bicyclic) bond motifs is 4. The van der Waals surface area contributed by atoms with Crippen molar-refractivity contribution in [3.05, 3.63) is 219 Å². The van der Waals surface area contributed by atoms with E-state index in [1.165, 1.54) is 40.9 Å². The van der Waals surface area contributed by atoms with Crippen molar-refractivity contribution in [3.63, 3.8) is 0 Å². The first-order valence-corrected chi connectivity index (χ1v) is 22.6. The van der Waals surface area contributed by atoms with E-state index < -0.39 is 23.9 Å². The summed E-state index contributed by atoms with van der Waals surface area (Å²) in [6, 6.07) is 37.7. The number of nitrogens with zero attached hydrogens (tertiary/aromatic N) is 6. The Bertz CT molecular complexity index is 3440. The number of aromatic nitrogens is 4. The summed E-state index contributed by atoms with van der Waals surface area (Å²) in [6.07, 6.45) is 2.47. The number of nitrogens with one attached hydrogen (secondary N) is 1. The Balaban J connectivity index is 0.000000166. The number of carbonyl (C=O) groups is 4. The van der Waals surface area contributed by atoms with E-state index in [-0.39, 0.29) is 83.0 Å². The zero-order chi connectivity index (χ0) is 48.5. The number of halogens is 2. The lowest BCUT2D eigenvalue weighted by atomic mass is 9.96. The average Bonchev–Trinajstić information content (AvgIpc) is 4.09. The largest absolute Gasteiger partial charge is 0.505 e. The normalized spacial score (nSPS) is 12.8. The van der Waals surface area contributed by atoms with E-state index in [0.717, 1.165) is 33.6 Å². The highest BCUT2D eigenvalue weighted by Crippen LogP contribution is 2.44. The van der Waals surface area contributed by atoms with Gasteiger partial charge in [0.25, 0.3) is 17.7 Å². The molecule has 3 N–H and O–H groups in total. The zero-order valence-electron chi connectivity index (χ0n) is 36.6. The smallest absolute Gasteiger partial charge is 0.336 e. The molecule has 9 aromatic rings. The van der Waals surface area contributed by atoms with Crippen LogP contribution in [0.3, 0.4) is 0 Å². The predicted molar refractivity (Wildman–Crippen MR) is 255 cm³/mol. The second-order valence-corrected chi connectivity index (χ2v) is 17.2. The Morgan fingerprint density at radius 2 is 1.19 bits per heavy atom. The number of hydrogen-bond donors (Lipinski definition) is 3. The van der Waals surface area contributed by atoms with Crippen LogP contribution in [0.1, 0.15) is 80.9 Å². The van der Waals surface area contributed by atoms with Gasteiger partial charge in [0.15, 0.2) is 11.5 Å². The Kier molecular flexibility index (Phi) is 12.2. The van der Waals surface area contributed by atoms with Crippen molar-refractivity contribution in [1.29, 1.82) is 0 Å². The van der Waals surface area contributed by atoms with E-state index in [9.17, 15) is 38.2 Å². The molecule has 0 spiro atoms. The van der Waals surface area contributed by atoms with Crippen LogP contribution in [0.25, 0.3) is 21.8 Å². The predicted octanol–water partition coefficient (Wildman–Crippen LogP) is 9.74. The molecule has 0 bridgehead atoms. The molecule has 346 valence electrons. The van der Waals surface area contributed by atoms with Gasteiger partial charge in [-0.05, 0) is 58.7 Å². The van der Waals surface area contributed by atoms with Crippen LogP contribution >= 0.6 is 11.3 Å². The monoisotopic (exact) mass is 953 g/mol. The summed E-state index contributed by atoms with van der Waals surface area (Å²) in [5.41, 5.74) is 6.48. The number of aromatic hydroxyl groups is 1. The van der Waals surface area contributed by atoms with Crippen LogP contribution in [0.5, 0.6) is 11.5 Å². The SMILES string of the molecule is O=C(Nc1nncs1)c1c2c(c(O)c3ncccc13)C(=O)N(Cc1ccc(F)cc1)C2.O=C(O)c1c2c(c(OC(c3ccccc3)c3ccccc3)c3ncccc13)C(=O)N(Cc1ccc(F)cc1)C2. The third kappa shape index (κ3) is 8.60. The number of carbonyl (C=O) groups excluding carboxylic acids is 3. The van der Waals surface area contributed by atoms with Gasteiger partial charge in [0, 0.05) is 60.5 Å². The van der Waals surface area contributed by atoms with Crippen LogP contribution in [0.4, 0.5) is 13.9 Å². The van der Waals surface area contributed by atoms with Crippen LogP contribution in [-0.2, 0) is 26.2 Å². The van der Waals surface area contributed by atoms with Crippen molar-refractivity contribution in [1.82, 2.24) is 30.0 Å². The van der Waals surface area contributed by atoms with Crippen molar-refractivity contribution >= 4 is 62.0 Å². The van der Waals surface area contributed by atoms with Gasteiger partial charge >= 0.3 is 5.97 Å². The van der Waals surface area contributed by atoms with Gasteiger partial charge in [-0.3, -0.25) is 29.7 Å². The van der Waals surface area contributed by atoms with E-state index in [2.05, 4.69) is 25.5 Å². The number of anilines is 1. The zero-order valence-corrected chi connectivity index (χ0v) is 37.4.